The van der Waals surface area contributed by atoms with Crippen molar-refractivity contribution in [2.75, 3.05) is 31.1 Å². The number of nitrogens with zero attached hydrogens (tertiary/aromatic N) is 1. The number of nitrogens with two attached hydrogens (primary N) is 1. The highest BCUT2D eigenvalue weighted by molar-refractivity contribution is 7.91. The third-order valence-corrected chi connectivity index (χ3v) is 5.32. The van der Waals surface area contributed by atoms with Crippen LogP contribution in [0.15, 0.2) is 0 Å². The van der Waals surface area contributed by atoms with Crippen molar-refractivity contribution in [1.82, 2.24) is 4.90 Å². The Bertz CT molecular complexity index is 274. The van der Waals surface area contributed by atoms with Gasteiger partial charge in [0.25, 0.3) is 0 Å². The summed E-state index contributed by atoms with van der Waals surface area (Å²) in [4.78, 5) is 2.26. The van der Waals surface area contributed by atoms with Crippen molar-refractivity contribution in [2.45, 2.75) is 32.2 Å². The molecule has 1 fully saturated rings. The number of rotatable bonds is 4. The summed E-state index contributed by atoms with van der Waals surface area (Å²) in [5.74, 6) is 0.573. The van der Waals surface area contributed by atoms with E-state index in [1.54, 1.807) is 0 Å². The Balaban J connectivity index is 2.72. The van der Waals surface area contributed by atoms with Crippen LogP contribution in [0.3, 0.4) is 0 Å². The topological polar surface area (TPSA) is 63.4 Å². The van der Waals surface area contributed by atoms with E-state index in [-0.39, 0.29) is 17.0 Å². The predicted molar refractivity (Wildman–Crippen MR) is 62.6 cm³/mol. The first-order valence-electron chi connectivity index (χ1n) is 5.65. The van der Waals surface area contributed by atoms with Crippen LogP contribution in [-0.4, -0.2) is 50.0 Å². The molecule has 1 rings (SSSR count). The lowest BCUT2D eigenvalue weighted by molar-refractivity contribution is 0.0949. The molecule has 0 aliphatic carbocycles. The summed E-state index contributed by atoms with van der Waals surface area (Å²) in [6, 6.07) is 0. The Labute approximate surface area is 92.7 Å². The Morgan fingerprint density at radius 1 is 1.20 bits per heavy atom. The molecule has 0 radical (unpaired) electrons. The van der Waals surface area contributed by atoms with Crippen LogP contribution >= 0.6 is 0 Å². The van der Waals surface area contributed by atoms with Gasteiger partial charge in [-0.1, -0.05) is 13.8 Å². The SMILES string of the molecule is CCC(CC)(CN)N1CCS(=O)(=O)CC1. The average molecular weight is 234 g/mol. The van der Waals surface area contributed by atoms with E-state index in [1.807, 2.05) is 0 Å². The number of hydrogen-bond acceptors (Lipinski definition) is 4. The van der Waals surface area contributed by atoms with Gasteiger partial charge in [-0.05, 0) is 12.8 Å². The highest BCUT2D eigenvalue weighted by Gasteiger charge is 2.35. The molecule has 0 unspecified atom stereocenters. The predicted octanol–water partition coefficient (Wildman–Crippen LogP) is 0.234. The Kier molecular flexibility index (Phi) is 4.14. The van der Waals surface area contributed by atoms with Crippen molar-refractivity contribution in [3.8, 4) is 0 Å². The van der Waals surface area contributed by atoms with Gasteiger partial charge in [0, 0.05) is 25.2 Å². The molecule has 1 aliphatic heterocycles. The second kappa shape index (κ2) is 4.80. The molecular formula is C10H22N2O2S. The molecule has 0 aromatic rings. The lowest BCUT2D eigenvalue weighted by Crippen LogP contribution is -2.57. The van der Waals surface area contributed by atoms with Crippen LogP contribution in [0.5, 0.6) is 0 Å². The van der Waals surface area contributed by atoms with Crippen molar-refractivity contribution in [1.29, 1.82) is 0 Å². The van der Waals surface area contributed by atoms with Crippen LogP contribution < -0.4 is 5.73 Å². The first-order chi connectivity index (χ1) is 6.99. The van der Waals surface area contributed by atoms with Gasteiger partial charge < -0.3 is 5.73 Å². The monoisotopic (exact) mass is 234 g/mol. The molecule has 0 spiro atoms. The van der Waals surface area contributed by atoms with Crippen LogP contribution in [0.25, 0.3) is 0 Å². The molecule has 0 amide bonds. The fourth-order valence-corrected chi connectivity index (χ4v) is 3.50. The van der Waals surface area contributed by atoms with Crippen molar-refractivity contribution in [2.24, 2.45) is 5.73 Å². The fraction of sp³-hybridized carbons (Fsp3) is 1.00. The molecule has 0 bridgehead atoms. The van der Waals surface area contributed by atoms with Gasteiger partial charge in [-0.25, -0.2) is 8.42 Å². The summed E-state index contributed by atoms with van der Waals surface area (Å²) in [5.41, 5.74) is 5.85. The molecule has 1 saturated heterocycles. The third-order valence-electron chi connectivity index (χ3n) is 3.71. The molecule has 4 nitrogen and oxygen atoms in total. The highest BCUT2D eigenvalue weighted by atomic mass is 32.2. The summed E-state index contributed by atoms with van der Waals surface area (Å²) in [6.07, 6.45) is 1.97. The standard InChI is InChI=1S/C10H22N2O2S/c1-3-10(4-2,9-11)12-5-7-15(13,14)8-6-12/h3-9,11H2,1-2H3. The Hall–Kier alpha value is -0.130. The van der Waals surface area contributed by atoms with Gasteiger partial charge in [-0.15, -0.1) is 0 Å². The van der Waals surface area contributed by atoms with Gasteiger partial charge in [0.2, 0.25) is 0 Å². The van der Waals surface area contributed by atoms with Crippen molar-refractivity contribution >= 4 is 9.84 Å². The largest absolute Gasteiger partial charge is 0.329 e. The number of hydrogen-bond donors (Lipinski definition) is 1. The maximum atomic E-state index is 11.3. The fourth-order valence-electron chi connectivity index (χ4n) is 2.30. The van der Waals surface area contributed by atoms with Gasteiger partial charge in [0.1, 0.15) is 0 Å². The van der Waals surface area contributed by atoms with E-state index in [0.29, 0.717) is 19.6 Å². The van der Waals surface area contributed by atoms with Gasteiger partial charge >= 0.3 is 0 Å². The van der Waals surface area contributed by atoms with Crippen molar-refractivity contribution in [3.63, 3.8) is 0 Å². The first-order valence-corrected chi connectivity index (χ1v) is 7.47. The van der Waals surface area contributed by atoms with E-state index in [4.69, 9.17) is 5.73 Å². The van der Waals surface area contributed by atoms with Crippen LogP contribution in [0, 0.1) is 0 Å². The molecule has 1 heterocycles. The molecule has 0 aromatic heterocycles. The van der Waals surface area contributed by atoms with E-state index >= 15 is 0 Å². The lowest BCUT2D eigenvalue weighted by atomic mass is 9.90. The molecule has 15 heavy (non-hydrogen) atoms. The Morgan fingerprint density at radius 3 is 2.00 bits per heavy atom. The molecule has 1 aliphatic rings. The number of sulfone groups is 1. The van der Waals surface area contributed by atoms with Crippen molar-refractivity contribution < 1.29 is 8.42 Å². The van der Waals surface area contributed by atoms with Gasteiger partial charge in [0.15, 0.2) is 9.84 Å². The molecule has 90 valence electrons. The van der Waals surface area contributed by atoms with Crippen LogP contribution in [0.1, 0.15) is 26.7 Å². The van der Waals surface area contributed by atoms with E-state index in [2.05, 4.69) is 18.7 Å². The normalized spacial score (nSPS) is 22.9. The molecule has 2 N–H and O–H groups in total. The maximum Gasteiger partial charge on any atom is 0.152 e. The summed E-state index contributed by atoms with van der Waals surface area (Å²) < 4.78 is 22.7. The first kappa shape index (κ1) is 12.9. The lowest BCUT2D eigenvalue weighted by Gasteiger charge is -2.44. The smallest absolute Gasteiger partial charge is 0.152 e. The van der Waals surface area contributed by atoms with E-state index in [9.17, 15) is 8.42 Å². The third kappa shape index (κ3) is 2.71. The minimum Gasteiger partial charge on any atom is -0.329 e. The second-order valence-electron chi connectivity index (χ2n) is 4.27. The van der Waals surface area contributed by atoms with Crippen LogP contribution in [0.2, 0.25) is 0 Å². The minimum atomic E-state index is -2.78. The van der Waals surface area contributed by atoms with E-state index in [0.717, 1.165) is 12.8 Å². The molecular weight excluding hydrogens is 212 g/mol. The molecule has 5 heteroatoms. The molecule has 0 aromatic carbocycles. The van der Waals surface area contributed by atoms with Gasteiger partial charge in [-0.3, -0.25) is 4.90 Å². The summed E-state index contributed by atoms with van der Waals surface area (Å²) >= 11 is 0. The summed E-state index contributed by atoms with van der Waals surface area (Å²) in [5, 5.41) is 0. The average Bonchev–Trinajstić information content (AvgIpc) is 2.23. The molecule has 0 atom stereocenters. The van der Waals surface area contributed by atoms with E-state index < -0.39 is 9.84 Å². The quantitative estimate of drug-likeness (QED) is 0.756. The zero-order valence-corrected chi connectivity index (χ0v) is 10.5. The summed E-state index contributed by atoms with van der Waals surface area (Å²) in [6.45, 7) is 6.14. The molecule has 0 saturated carbocycles. The van der Waals surface area contributed by atoms with Crippen LogP contribution in [-0.2, 0) is 9.84 Å². The summed E-state index contributed by atoms with van der Waals surface area (Å²) in [7, 11) is -2.78. The van der Waals surface area contributed by atoms with Crippen LogP contribution in [0.4, 0.5) is 0 Å². The van der Waals surface area contributed by atoms with Gasteiger partial charge in [0.05, 0.1) is 11.5 Å². The Morgan fingerprint density at radius 2 is 1.67 bits per heavy atom. The zero-order chi connectivity index (χ0) is 11.5. The maximum absolute atomic E-state index is 11.3. The minimum absolute atomic E-state index is 0.00986. The second-order valence-corrected chi connectivity index (χ2v) is 6.58. The highest BCUT2D eigenvalue weighted by Crippen LogP contribution is 2.24. The van der Waals surface area contributed by atoms with Gasteiger partial charge in [-0.2, -0.15) is 0 Å². The zero-order valence-electron chi connectivity index (χ0n) is 9.70. The van der Waals surface area contributed by atoms with Crippen molar-refractivity contribution in [3.05, 3.63) is 0 Å². The van der Waals surface area contributed by atoms with E-state index in [1.165, 1.54) is 0 Å².